The van der Waals surface area contributed by atoms with Gasteiger partial charge < -0.3 is 15.0 Å². The Bertz CT molecular complexity index is 755. The van der Waals surface area contributed by atoms with Crippen molar-refractivity contribution in [1.82, 2.24) is 9.88 Å². The number of nitrogens with zero attached hydrogens (tertiary/aromatic N) is 3. The molecule has 0 aliphatic carbocycles. The van der Waals surface area contributed by atoms with Gasteiger partial charge in [-0.1, -0.05) is 24.6 Å². The molecule has 0 saturated carbocycles. The van der Waals surface area contributed by atoms with Gasteiger partial charge in [0, 0.05) is 19.6 Å². The van der Waals surface area contributed by atoms with E-state index < -0.39 is 0 Å². The second-order valence-electron chi connectivity index (χ2n) is 6.67. The fraction of sp³-hybridized carbons (Fsp3) is 0.455. The number of rotatable bonds is 2. The molecule has 2 bridgehead atoms. The van der Waals surface area contributed by atoms with E-state index in [4.69, 9.17) is 14.7 Å². The van der Waals surface area contributed by atoms with Crippen molar-refractivity contribution in [3.63, 3.8) is 0 Å². The second-order valence-corrected chi connectivity index (χ2v) is 6.67. The van der Waals surface area contributed by atoms with Crippen LogP contribution in [-0.2, 0) is 0 Å². The smallest absolute Gasteiger partial charge is 0.149 e. The third-order valence-electron chi connectivity index (χ3n) is 4.76. The molecule has 5 nitrogen and oxygen atoms in total. The van der Waals surface area contributed by atoms with Gasteiger partial charge >= 0.3 is 0 Å². The molecule has 0 atom stereocenters. The van der Waals surface area contributed by atoms with Gasteiger partial charge in [0.05, 0.1) is 12.3 Å². The van der Waals surface area contributed by atoms with Crippen LogP contribution in [-0.4, -0.2) is 42.0 Å². The molecule has 0 radical (unpaired) electrons. The first kappa shape index (κ1) is 19.2. The summed E-state index contributed by atoms with van der Waals surface area (Å²) in [5.41, 5.74) is 1.86. The molecular weight excluding hydrogens is 336 g/mol. The van der Waals surface area contributed by atoms with Gasteiger partial charge in [0.2, 0.25) is 0 Å². The minimum atomic E-state index is 0.736. The van der Waals surface area contributed by atoms with Crippen LogP contribution in [0.2, 0.25) is 0 Å². The molecule has 27 heavy (non-hydrogen) atoms. The quantitative estimate of drug-likeness (QED) is 0.824. The van der Waals surface area contributed by atoms with Crippen molar-refractivity contribution >= 4 is 17.3 Å². The van der Waals surface area contributed by atoms with Crippen LogP contribution in [0.1, 0.15) is 45.2 Å². The van der Waals surface area contributed by atoms with Crippen molar-refractivity contribution in [2.24, 2.45) is 4.99 Å². The summed E-state index contributed by atoms with van der Waals surface area (Å²) in [5.74, 6) is 2.67. The Morgan fingerprint density at radius 3 is 2.63 bits per heavy atom. The van der Waals surface area contributed by atoms with Crippen molar-refractivity contribution in [3.8, 4) is 5.75 Å². The number of pyridine rings is 1. The Kier molecular flexibility index (Phi) is 7.08. The van der Waals surface area contributed by atoms with Crippen molar-refractivity contribution in [1.29, 1.82) is 0 Å². The largest absolute Gasteiger partial charge is 0.491 e. The molecule has 5 heteroatoms. The predicted octanol–water partition coefficient (Wildman–Crippen LogP) is 4.87. The Labute approximate surface area is 162 Å². The number of aliphatic imine (C=N–C) groups is 1. The average Bonchev–Trinajstić information content (AvgIpc) is 2.70. The van der Waals surface area contributed by atoms with Gasteiger partial charge in [-0.05, 0) is 57.4 Å². The molecule has 2 heterocycles. The van der Waals surface area contributed by atoms with E-state index >= 15 is 0 Å². The molecule has 0 saturated heterocycles. The van der Waals surface area contributed by atoms with Crippen LogP contribution >= 0.6 is 0 Å². The minimum Gasteiger partial charge on any atom is -0.491 e. The van der Waals surface area contributed by atoms with E-state index in [0.717, 1.165) is 74.3 Å². The third-order valence-corrected chi connectivity index (χ3v) is 4.76. The van der Waals surface area contributed by atoms with E-state index in [1.807, 2.05) is 42.5 Å². The highest BCUT2D eigenvalue weighted by atomic mass is 16.5. The molecule has 144 valence electrons. The fourth-order valence-corrected chi connectivity index (χ4v) is 3.26. The summed E-state index contributed by atoms with van der Waals surface area (Å²) in [5, 5.41) is 3.42. The highest BCUT2D eigenvalue weighted by molar-refractivity contribution is 5.97. The van der Waals surface area contributed by atoms with E-state index in [1.54, 1.807) is 0 Å². The highest BCUT2D eigenvalue weighted by Crippen LogP contribution is 2.27. The number of aromatic nitrogens is 1. The molecule has 0 unspecified atom stereocenters. The first-order valence-electron chi connectivity index (χ1n) is 10.1. The number of nitrogens with one attached hydrogen (secondary N) is 1. The normalized spacial score (nSPS) is 15.3. The third kappa shape index (κ3) is 5.22. The van der Waals surface area contributed by atoms with Gasteiger partial charge in [-0.25, -0.2) is 4.98 Å². The number of para-hydroxylation sites is 2. The molecule has 3 rings (SSSR count). The number of amidine groups is 1. The average molecular weight is 367 g/mol. The Hall–Kier alpha value is -2.56. The maximum Gasteiger partial charge on any atom is 0.149 e. The van der Waals surface area contributed by atoms with E-state index in [2.05, 4.69) is 24.1 Å². The summed E-state index contributed by atoms with van der Waals surface area (Å²) >= 11 is 0. The van der Waals surface area contributed by atoms with Gasteiger partial charge in [-0.3, -0.25) is 4.99 Å². The van der Waals surface area contributed by atoms with Crippen LogP contribution in [0.5, 0.6) is 5.75 Å². The molecule has 1 aliphatic heterocycles. The first-order valence-corrected chi connectivity index (χ1v) is 10.1. The molecule has 2 aromatic rings. The van der Waals surface area contributed by atoms with Crippen LogP contribution in [0.25, 0.3) is 0 Å². The summed E-state index contributed by atoms with van der Waals surface area (Å²) in [4.78, 5) is 12.0. The number of ether oxygens (including phenoxy) is 1. The number of fused-ring (bicyclic) bond motifs is 3. The van der Waals surface area contributed by atoms with Gasteiger partial charge in [-0.15, -0.1) is 0 Å². The van der Waals surface area contributed by atoms with Crippen LogP contribution in [0.15, 0.2) is 47.5 Å². The van der Waals surface area contributed by atoms with Crippen molar-refractivity contribution < 1.29 is 4.74 Å². The molecule has 1 aromatic heterocycles. The fourth-order valence-electron chi connectivity index (χ4n) is 3.26. The number of benzene rings is 1. The molecule has 1 aliphatic rings. The topological polar surface area (TPSA) is 49.8 Å². The van der Waals surface area contributed by atoms with Gasteiger partial charge in [0.15, 0.2) is 0 Å². The lowest BCUT2D eigenvalue weighted by Crippen LogP contribution is -2.32. The lowest BCUT2D eigenvalue weighted by molar-refractivity contribution is 0.306. The van der Waals surface area contributed by atoms with Crippen molar-refractivity contribution in [3.05, 3.63) is 48.2 Å². The van der Waals surface area contributed by atoms with Crippen molar-refractivity contribution in [2.75, 3.05) is 31.6 Å². The highest BCUT2D eigenvalue weighted by Gasteiger charge is 2.13. The molecule has 1 N–H and O–H groups in total. The zero-order valence-electron chi connectivity index (χ0n) is 16.4. The van der Waals surface area contributed by atoms with Gasteiger partial charge in [0.25, 0.3) is 0 Å². The SMILES string of the molecule is CCN(CC)C1=NCCCCCCOc2ccccc2Nc2cccc1n2. The van der Waals surface area contributed by atoms with E-state index in [9.17, 15) is 0 Å². The van der Waals surface area contributed by atoms with E-state index in [0.29, 0.717) is 0 Å². The predicted molar refractivity (Wildman–Crippen MR) is 112 cm³/mol. The van der Waals surface area contributed by atoms with Gasteiger partial charge in [-0.2, -0.15) is 0 Å². The van der Waals surface area contributed by atoms with Gasteiger partial charge in [0.1, 0.15) is 23.1 Å². The standard InChI is InChI=1S/C22H30N4O/c1-3-26(4-2)22-19-13-11-15-21(25-19)24-18-12-7-8-14-20(18)27-17-10-6-5-9-16-23-22/h7-8,11-15H,3-6,9-10,16-17H2,1-2H3,(H,24,25). The Balaban J connectivity index is 1.96. The van der Waals surface area contributed by atoms with Crippen LogP contribution in [0.3, 0.4) is 0 Å². The van der Waals surface area contributed by atoms with Crippen LogP contribution < -0.4 is 10.1 Å². The minimum absolute atomic E-state index is 0.736. The van der Waals surface area contributed by atoms with E-state index in [-0.39, 0.29) is 0 Å². The summed E-state index contributed by atoms with van der Waals surface area (Å²) in [6, 6.07) is 14.1. The number of hydrogen-bond donors (Lipinski definition) is 1. The van der Waals surface area contributed by atoms with Crippen LogP contribution in [0, 0.1) is 0 Å². The molecule has 1 aromatic carbocycles. The maximum atomic E-state index is 6.00. The van der Waals surface area contributed by atoms with E-state index in [1.165, 1.54) is 6.42 Å². The molecular formula is C22H30N4O. The second kappa shape index (κ2) is 9.95. The monoisotopic (exact) mass is 366 g/mol. The number of hydrogen-bond acceptors (Lipinski definition) is 5. The lowest BCUT2D eigenvalue weighted by atomic mass is 10.2. The lowest BCUT2D eigenvalue weighted by Gasteiger charge is -2.23. The maximum absolute atomic E-state index is 6.00. The van der Waals surface area contributed by atoms with Crippen LogP contribution in [0.4, 0.5) is 11.5 Å². The summed E-state index contributed by atoms with van der Waals surface area (Å²) < 4.78 is 6.00. The summed E-state index contributed by atoms with van der Waals surface area (Å²) in [6.07, 6.45) is 4.50. The zero-order chi connectivity index (χ0) is 18.9. The van der Waals surface area contributed by atoms with Crippen molar-refractivity contribution in [2.45, 2.75) is 39.5 Å². The summed E-state index contributed by atoms with van der Waals surface area (Å²) in [7, 11) is 0. The first-order chi connectivity index (χ1) is 13.3. The zero-order valence-corrected chi connectivity index (χ0v) is 16.4. The Morgan fingerprint density at radius 1 is 0.963 bits per heavy atom. The summed E-state index contributed by atoms with van der Waals surface area (Å²) in [6.45, 7) is 7.75. The molecule has 0 fully saturated rings. The number of anilines is 2. The molecule has 0 spiro atoms. The molecule has 0 amide bonds. The Morgan fingerprint density at radius 2 is 1.78 bits per heavy atom.